The molecule has 5 nitrogen and oxygen atoms in total. The Balaban J connectivity index is 2.21. The van der Waals surface area contributed by atoms with Gasteiger partial charge in [-0.2, -0.15) is 0 Å². The van der Waals surface area contributed by atoms with Crippen LogP contribution in [0, 0.1) is 0 Å². The number of hydrogen-bond donors (Lipinski definition) is 4. The van der Waals surface area contributed by atoms with E-state index in [0.29, 0.717) is 19.1 Å². The molecule has 0 bridgehead atoms. The number of aliphatic hydroxyl groups is 2. The molecule has 0 aromatic heterocycles. The summed E-state index contributed by atoms with van der Waals surface area (Å²) in [5.74, 6) is 0. The lowest BCUT2D eigenvalue weighted by atomic mass is 10.2. The molecule has 0 spiro atoms. The van der Waals surface area contributed by atoms with E-state index in [4.69, 9.17) is 10.2 Å². The molecule has 1 unspecified atom stereocenters. The lowest BCUT2D eigenvalue weighted by molar-refractivity contribution is 0.147. The van der Waals surface area contributed by atoms with Crippen LogP contribution in [-0.4, -0.2) is 73.6 Å². The highest BCUT2D eigenvalue weighted by Crippen LogP contribution is 1.94. The summed E-state index contributed by atoms with van der Waals surface area (Å²) < 4.78 is 0. The number of rotatable bonds is 6. The third-order valence-electron chi connectivity index (χ3n) is 2.44. The number of nitrogens with zero attached hydrogens (tertiary/aromatic N) is 1. The summed E-state index contributed by atoms with van der Waals surface area (Å²) in [6.07, 6.45) is 0. The zero-order valence-electron chi connectivity index (χ0n) is 8.58. The predicted molar refractivity (Wildman–Crippen MR) is 55.3 cm³/mol. The average Bonchev–Trinajstić information content (AvgIpc) is 2.20. The van der Waals surface area contributed by atoms with E-state index in [2.05, 4.69) is 15.5 Å². The van der Waals surface area contributed by atoms with Crippen molar-refractivity contribution >= 4 is 0 Å². The fourth-order valence-corrected chi connectivity index (χ4v) is 1.73. The second-order valence-electron chi connectivity index (χ2n) is 3.60. The summed E-state index contributed by atoms with van der Waals surface area (Å²) in [4.78, 5) is 2.07. The summed E-state index contributed by atoms with van der Waals surface area (Å²) in [5, 5.41) is 24.4. The van der Waals surface area contributed by atoms with Crippen molar-refractivity contribution in [1.29, 1.82) is 0 Å². The van der Waals surface area contributed by atoms with E-state index in [0.717, 1.165) is 26.2 Å². The summed E-state index contributed by atoms with van der Waals surface area (Å²) in [7, 11) is 0. The van der Waals surface area contributed by atoms with E-state index in [-0.39, 0.29) is 13.2 Å². The van der Waals surface area contributed by atoms with Crippen LogP contribution in [0.2, 0.25) is 0 Å². The lowest BCUT2D eigenvalue weighted by Crippen LogP contribution is -2.53. The van der Waals surface area contributed by atoms with Gasteiger partial charge in [-0.05, 0) is 0 Å². The molecule has 5 heteroatoms. The minimum absolute atomic E-state index is 0.153. The van der Waals surface area contributed by atoms with Crippen molar-refractivity contribution in [3.05, 3.63) is 0 Å². The molecule has 1 atom stereocenters. The molecule has 1 aliphatic rings. The fraction of sp³-hybridized carbons (Fsp3) is 1.00. The molecule has 0 aromatic carbocycles. The zero-order valence-corrected chi connectivity index (χ0v) is 8.58. The summed E-state index contributed by atoms with van der Waals surface area (Å²) in [5.41, 5.74) is 0. The number of nitrogens with one attached hydrogen (secondary N) is 2. The fourth-order valence-electron chi connectivity index (χ4n) is 1.73. The highest BCUT2D eigenvalue weighted by Gasteiger charge is 2.15. The van der Waals surface area contributed by atoms with Crippen molar-refractivity contribution in [2.24, 2.45) is 0 Å². The van der Waals surface area contributed by atoms with Gasteiger partial charge in [-0.3, -0.25) is 4.90 Å². The Bertz CT molecular complexity index is 134. The first-order chi connectivity index (χ1) is 6.86. The normalized spacial score (nSPS) is 22.9. The van der Waals surface area contributed by atoms with Crippen molar-refractivity contribution in [3.63, 3.8) is 0 Å². The first-order valence-corrected chi connectivity index (χ1v) is 5.25. The molecular formula is C9H21N3O2. The van der Waals surface area contributed by atoms with E-state index in [1.54, 1.807) is 0 Å². The quantitative estimate of drug-likeness (QED) is 0.396. The molecule has 0 aliphatic carbocycles. The van der Waals surface area contributed by atoms with Crippen molar-refractivity contribution in [3.8, 4) is 0 Å². The number of piperazine rings is 1. The van der Waals surface area contributed by atoms with E-state index in [9.17, 15) is 0 Å². The van der Waals surface area contributed by atoms with Crippen LogP contribution in [0.5, 0.6) is 0 Å². The molecular weight excluding hydrogens is 182 g/mol. The van der Waals surface area contributed by atoms with Crippen LogP contribution >= 0.6 is 0 Å². The Labute approximate surface area is 85.1 Å². The average molecular weight is 203 g/mol. The van der Waals surface area contributed by atoms with Crippen LogP contribution in [-0.2, 0) is 0 Å². The van der Waals surface area contributed by atoms with E-state index in [1.807, 2.05) is 0 Å². The molecule has 1 fully saturated rings. The Morgan fingerprint density at radius 1 is 1.14 bits per heavy atom. The van der Waals surface area contributed by atoms with Crippen molar-refractivity contribution in [2.45, 2.75) is 6.04 Å². The molecule has 1 aliphatic heterocycles. The van der Waals surface area contributed by atoms with Crippen molar-refractivity contribution in [1.82, 2.24) is 15.5 Å². The van der Waals surface area contributed by atoms with Crippen LogP contribution in [0.4, 0.5) is 0 Å². The molecule has 0 radical (unpaired) electrons. The molecule has 4 N–H and O–H groups in total. The largest absolute Gasteiger partial charge is 0.395 e. The van der Waals surface area contributed by atoms with Gasteiger partial charge in [0.15, 0.2) is 0 Å². The third kappa shape index (κ3) is 4.34. The summed E-state index contributed by atoms with van der Waals surface area (Å²) >= 11 is 0. The maximum Gasteiger partial charge on any atom is 0.0558 e. The van der Waals surface area contributed by atoms with Gasteiger partial charge in [0.2, 0.25) is 0 Å². The number of aliphatic hydroxyl groups excluding tert-OH is 2. The zero-order chi connectivity index (χ0) is 10.2. The standard InChI is InChI=1S/C9H21N3O2/c13-5-3-12(4-6-14)8-9-7-10-1-2-11-9/h9-11,13-14H,1-8H2. The topological polar surface area (TPSA) is 67.8 Å². The maximum absolute atomic E-state index is 8.83. The third-order valence-corrected chi connectivity index (χ3v) is 2.44. The first kappa shape index (κ1) is 11.9. The van der Waals surface area contributed by atoms with Gasteiger partial charge < -0.3 is 20.8 Å². The van der Waals surface area contributed by atoms with Gasteiger partial charge in [0.25, 0.3) is 0 Å². The summed E-state index contributed by atoms with van der Waals surface area (Å²) in [6, 6.07) is 0.432. The van der Waals surface area contributed by atoms with Gasteiger partial charge in [-0.15, -0.1) is 0 Å². The molecule has 0 aromatic rings. The lowest BCUT2D eigenvalue weighted by Gasteiger charge is -2.30. The highest BCUT2D eigenvalue weighted by atomic mass is 16.3. The van der Waals surface area contributed by atoms with E-state index in [1.165, 1.54) is 0 Å². The van der Waals surface area contributed by atoms with Gasteiger partial charge >= 0.3 is 0 Å². The second kappa shape index (κ2) is 7.14. The van der Waals surface area contributed by atoms with Crippen molar-refractivity contribution < 1.29 is 10.2 Å². The van der Waals surface area contributed by atoms with Crippen LogP contribution < -0.4 is 10.6 Å². The van der Waals surface area contributed by atoms with Gasteiger partial charge in [0, 0.05) is 45.3 Å². The molecule has 1 heterocycles. The first-order valence-electron chi connectivity index (χ1n) is 5.25. The molecule has 84 valence electrons. The highest BCUT2D eigenvalue weighted by molar-refractivity contribution is 4.78. The van der Waals surface area contributed by atoms with Crippen LogP contribution in [0.1, 0.15) is 0 Å². The molecule has 0 amide bonds. The molecule has 1 saturated heterocycles. The Hall–Kier alpha value is -0.200. The monoisotopic (exact) mass is 203 g/mol. The maximum atomic E-state index is 8.83. The Kier molecular flexibility index (Phi) is 6.05. The van der Waals surface area contributed by atoms with Gasteiger partial charge in [0.1, 0.15) is 0 Å². The van der Waals surface area contributed by atoms with Crippen molar-refractivity contribution in [2.75, 3.05) is 52.5 Å². The SMILES string of the molecule is OCCN(CCO)CC1CNCCN1. The minimum atomic E-state index is 0.153. The van der Waals surface area contributed by atoms with Crippen LogP contribution in [0.25, 0.3) is 0 Å². The van der Waals surface area contributed by atoms with Crippen LogP contribution in [0.15, 0.2) is 0 Å². The van der Waals surface area contributed by atoms with Crippen LogP contribution in [0.3, 0.4) is 0 Å². The summed E-state index contributed by atoms with van der Waals surface area (Å²) in [6.45, 7) is 5.45. The second-order valence-corrected chi connectivity index (χ2v) is 3.60. The Morgan fingerprint density at radius 2 is 1.86 bits per heavy atom. The van der Waals surface area contributed by atoms with Gasteiger partial charge in [-0.1, -0.05) is 0 Å². The smallest absolute Gasteiger partial charge is 0.0558 e. The molecule has 0 saturated carbocycles. The van der Waals surface area contributed by atoms with Gasteiger partial charge in [-0.25, -0.2) is 0 Å². The number of hydrogen-bond acceptors (Lipinski definition) is 5. The van der Waals surface area contributed by atoms with E-state index < -0.39 is 0 Å². The predicted octanol–water partition coefficient (Wildman–Crippen LogP) is -2.17. The van der Waals surface area contributed by atoms with E-state index >= 15 is 0 Å². The molecule has 1 rings (SSSR count). The Morgan fingerprint density at radius 3 is 2.36 bits per heavy atom. The minimum Gasteiger partial charge on any atom is -0.395 e. The van der Waals surface area contributed by atoms with Gasteiger partial charge in [0.05, 0.1) is 13.2 Å². The molecule has 14 heavy (non-hydrogen) atoms.